The number of aliphatic carboxylic acids is 1. The monoisotopic (exact) mass is 367 g/mol. The van der Waals surface area contributed by atoms with Crippen LogP contribution < -0.4 is 4.74 Å². The van der Waals surface area contributed by atoms with Gasteiger partial charge in [0.05, 0.1) is 18.8 Å². The van der Waals surface area contributed by atoms with Crippen LogP contribution >= 0.6 is 0 Å². The zero-order valence-corrected chi connectivity index (χ0v) is 15.2. The maximum atomic E-state index is 12.7. The molecule has 0 aromatic heterocycles. The zero-order valence-electron chi connectivity index (χ0n) is 14.4. The maximum absolute atomic E-state index is 12.7. The lowest BCUT2D eigenvalue weighted by Crippen LogP contribution is -2.33. The van der Waals surface area contributed by atoms with E-state index in [0.29, 0.717) is 18.1 Å². The number of carboxylic acids is 1. The summed E-state index contributed by atoms with van der Waals surface area (Å²) in [5, 5.41) is 9.57. The van der Waals surface area contributed by atoms with E-state index < -0.39 is 21.9 Å². The summed E-state index contributed by atoms with van der Waals surface area (Å²) < 4.78 is 31.9. The van der Waals surface area contributed by atoms with E-state index in [1.807, 2.05) is 6.07 Å². The van der Waals surface area contributed by atoms with Crippen molar-refractivity contribution in [3.8, 4) is 5.75 Å². The molecule has 1 heterocycles. The smallest absolute Gasteiger partial charge is 0.308 e. The molecule has 1 saturated heterocycles. The van der Waals surface area contributed by atoms with Crippen molar-refractivity contribution in [2.45, 2.75) is 31.6 Å². The van der Waals surface area contributed by atoms with Gasteiger partial charge in [-0.3, -0.25) is 4.79 Å². The van der Waals surface area contributed by atoms with Crippen LogP contribution in [0.15, 0.2) is 24.3 Å². The van der Waals surface area contributed by atoms with Gasteiger partial charge in [0.25, 0.3) is 0 Å². The van der Waals surface area contributed by atoms with Crippen LogP contribution in [0.3, 0.4) is 0 Å². The van der Waals surface area contributed by atoms with E-state index in [1.165, 1.54) is 10.7 Å². The van der Waals surface area contributed by atoms with Crippen molar-refractivity contribution in [2.75, 3.05) is 26.0 Å². The van der Waals surface area contributed by atoms with Gasteiger partial charge in [0.2, 0.25) is 10.0 Å². The van der Waals surface area contributed by atoms with Crippen LogP contribution in [-0.2, 0) is 14.8 Å². The summed E-state index contributed by atoms with van der Waals surface area (Å²) in [4.78, 5) is 11.7. The summed E-state index contributed by atoms with van der Waals surface area (Å²) in [7, 11) is -1.86. The molecule has 1 aliphatic heterocycles. The lowest BCUT2D eigenvalue weighted by Gasteiger charge is -2.26. The number of hydrogen-bond donors (Lipinski definition) is 1. The molecule has 2 atom stereocenters. The SMILES string of the molecule is COc1cccc([C@@H]2CN(S(=O)(=O)CCC3CCC3)C[C@H]2C(=O)O)c1. The van der Waals surface area contributed by atoms with Crippen LogP contribution in [0, 0.1) is 11.8 Å². The van der Waals surface area contributed by atoms with E-state index >= 15 is 0 Å². The first kappa shape index (κ1) is 18.2. The molecular formula is C18H25NO5S. The van der Waals surface area contributed by atoms with Crippen molar-refractivity contribution in [1.82, 2.24) is 4.31 Å². The molecular weight excluding hydrogens is 342 g/mol. The third-order valence-corrected chi connectivity index (χ3v) is 7.36. The molecule has 1 aliphatic carbocycles. The molecule has 2 aliphatic rings. The molecule has 0 radical (unpaired) electrons. The predicted octanol–water partition coefficient (Wildman–Crippen LogP) is 2.32. The lowest BCUT2D eigenvalue weighted by molar-refractivity contribution is -0.141. The van der Waals surface area contributed by atoms with Crippen LogP contribution in [0.1, 0.15) is 37.2 Å². The number of ether oxygens (including phenoxy) is 1. The Morgan fingerprint density at radius 1 is 1.32 bits per heavy atom. The highest BCUT2D eigenvalue weighted by Gasteiger charge is 2.43. The Kier molecular flexibility index (Phi) is 5.34. The molecule has 0 amide bonds. The van der Waals surface area contributed by atoms with Gasteiger partial charge in [-0.25, -0.2) is 12.7 Å². The molecule has 1 N–H and O–H groups in total. The Morgan fingerprint density at radius 2 is 2.08 bits per heavy atom. The Labute approximate surface area is 148 Å². The third kappa shape index (κ3) is 3.98. The van der Waals surface area contributed by atoms with E-state index in [-0.39, 0.29) is 24.8 Å². The second kappa shape index (κ2) is 7.33. The number of sulfonamides is 1. The molecule has 25 heavy (non-hydrogen) atoms. The number of benzene rings is 1. The molecule has 7 heteroatoms. The first-order valence-corrected chi connectivity index (χ1v) is 10.4. The molecule has 0 bridgehead atoms. The standard InChI is InChI=1S/C18H25NO5S/c1-24-15-7-3-6-14(10-15)16-11-19(12-17(16)18(20)21)25(22,23)9-8-13-4-2-5-13/h3,6-7,10,13,16-17H,2,4-5,8-9,11-12H2,1H3,(H,20,21)/t16-,17+/m0/s1. The van der Waals surface area contributed by atoms with Crippen LogP contribution in [0.5, 0.6) is 5.75 Å². The predicted molar refractivity (Wildman–Crippen MR) is 94.2 cm³/mol. The Hall–Kier alpha value is -1.60. The quantitative estimate of drug-likeness (QED) is 0.799. The molecule has 3 rings (SSSR count). The average molecular weight is 367 g/mol. The van der Waals surface area contributed by atoms with Crippen molar-refractivity contribution in [3.63, 3.8) is 0 Å². The molecule has 0 spiro atoms. The lowest BCUT2D eigenvalue weighted by atomic mass is 9.84. The van der Waals surface area contributed by atoms with Crippen LogP contribution in [-0.4, -0.2) is 49.8 Å². The van der Waals surface area contributed by atoms with Crippen molar-refractivity contribution in [1.29, 1.82) is 0 Å². The Bertz CT molecular complexity index is 729. The summed E-state index contributed by atoms with van der Waals surface area (Å²) in [5.41, 5.74) is 0.809. The summed E-state index contributed by atoms with van der Waals surface area (Å²) in [6.45, 7) is 0.265. The van der Waals surface area contributed by atoms with Crippen molar-refractivity contribution >= 4 is 16.0 Å². The van der Waals surface area contributed by atoms with E-state index in [0.717, 1.165) is 18.4 Å². The van der Waals surface area contributed by atoms with Gasteiger partial charge in [-0.2, -0.15) is 0 Å². The maximum Gasteiger partial charge on any atom is 0.308 e. The first-order chi connectivity index (χ1) is 11.9. The fraction of sp³-hybridized carbons (Fsp3) is 0.611. The van der Waals surface area contributed by atoms with Gasteiger partial charge in [-0.15, -0.1) is 0 Å². The average Bonchev–Trinajstić information content (AvgIpc) is 3.00. The van der Waals surface area contributed by atoms with E-state index in [1.54, 1.807) is 25.3 Å². The molecule has 138 valence electrons. The second-order valence-corrected chi connectivity index (χ2v) is 9.13. The zero-order chi connectivity index (χ0) is 18.0. The van der Waals surface area contributed by atoms with Gasteiger partial charge >= 0.3 is 5.97 Å². The number of hydrogen-bond acceptors (Lipinski definition) is 4. The van der Waals surface area contributed by atoms with Gasteiger partial charge in [0.1, 0.15) is 5.75 Å². The van der Waals surface area contributed by atoms with Gasteiger partial charge in [-0.1, -0.05) is 31.4 Å². The summed E-state index contributed by atoms with van der Waals surface area (Å²) in [6, 6.07) is 7.24. The number of methoxy groups -OCH3 is 1. The van der Waals surface area contributed by atoms with Gasteiger partial charge in [0, 0.05) is 19.0 Å². The summed E-state index contributed by atoms with van der Waals surface area (Å²) in [5.74, 6) is -0.759. The van der Waals surface area contributed by atoms with Crippen LogP contribution in [0.25, 0.3) is 0 Å². The highest BCUT2D eigenvalue weighted by molar-refractivity contribution is 7.89. The fourth-order valence-electron chi connectivity index (χ4n) is 3.68. The number of carboxylic acid groups (broad SMARTS) is 1. The molecule has 1 aromatic rings. The number of rotatable bonds is 7. The summed E-state index contributed by atoms with van der Waals surface area (Å²) in [6.07, 6.45) is 4.09. The molecule has 6 nitrogen and oxygen atoms in total. The number of nitrogens with zero attached hydrogens (tertiary/aromatic N) is 1. The highest BCUT2D eigenvalue weighted by Crippen LogP contribution is 2.36. The number of carbonyl (C=O) groups is 1. The van der Waals surface area contributed by atoms with Crippen LogP contribution in [0.2, 0.25) is 0 Å². The highest BCUT2D eigenvalue weighted by atomic mass is 32.2. The molecule has 1 saturated carbocycles. The normalized spacial score (nSPS) is 24.8. The van der Waals surface area contributed by atoms with Crippen LogP contribution in [0.4, 0.5) is 0 Å². The Morgan fingerprint density at radius 3 is 2.68 bits per heavy atom. The third-order valence-electron chi connectivity index (χ3n) is 5.53. The van der Waals surface area contributed by atoms with Crippen molar-refractivity contribution in [2.24, 2.45) is 11.8 Å². The van der Waals surface area contributed by atoms with E-state index in [9.17, 15) is 18.3 Å². The molecule has 2 fully saturated rings. The Balaban J connectivity index is 1.76. The summed E-state index contributed by atoms with van der Waals surface area (Å²) >= 11 is 0. The molecule has 1 aromatic carbocycles. The second-order valence-electron chi connectivity index (χ2n) is 7.05. The topological polar surface area (TPSA) is 83.9 Å². The van der Waals surface area contributed by atoms with E-state index in [2.05, 4.69) is 0 Å². The molecule has 0 unspecified atom stereocenters. The fourth-order valence-corrected chi connectivity index (χ4v) is 5.35. The van der Waals surface area contributed by atoms with Gasteiger partial charge < -0.3 is 9.84 Å². The van der Waals surface area contributed by atoms with Crippen molar-refractivity contribution in [3.05, 3.63) is 29.8 Å². The first-order valence-electron chi connectivity index (χ1n) is 8.75. The minimum Gasteiger partial charge on any atom is -0.497 e. The minimum absolute atomic E-state index is 0.0458. The van der Waals surface area contributed by atoms with Gasteiger partial charge in [0.15, 0.2) is 0 Å². The van der Waals surface area contributed by atoms with E-state index in [4.69, 9.17) is 4.74 Å². The van der Waals surface area contributed by atoms with Gasteiger partial charge in [-0.05, 0) is 30.0 Å². The minimum atomic E-state index is -3.42. The largest absolute Gasteiger partial charge is 0.497 e. The van der Waals surface area contributed by atoms with Crippen molar-refractivity contribution < 1.29 is 23.1 Å².